The molecular weight excluding hydrogens is 356 g/mol. The maximum Gasteiger partial charge on any atom is 0.408 e. The van der Waals surface area contributed by atoms with Crippen molar-refractivity contribution in [3.63, 3.8) is 0 Å². The van der Waals surface area contributed by atoms with Crippen LogP contribution in [0.25, 0.3) is 0 Å². The second-order valence-corrected chi connectivity index (χ2v) is 9.30. The van der Waals surface area contributed by atoms with Crippen LogP contribution in [0.1, 0.15) is 86.0 Å². The lowest BCUT2D eigenvalue weighted by atomic mass is 9.82. The molecule has 2 fully saturated rings. The van der Waals surface area contributed by atoms with Crippen molar-refractivity contribution in [1.82, 2.24) is 5.32 Å². The molecule has 5 N–H and O–H groups in total. The number of hydrogen-bond acceptors (Lipinski definition) is 5. The third-order valence-corrected chi connectivity index (χ3v) is 4.96. The van der Waals surface area contributed by atoms with Gasteiger partial charge in [-0.25, -0.2) is 4.79 Å². The van der Waals surface area contributed by atoms with Crippen molar-refractivity contribution in [3.8, 4) is 0 Å². The van der Waals surface area contributed by atoms with E-state index in [0.717, 1.165) is 51.4 Å². The smallest absolute Gasteiger partial charge is 0.408 e. The minimum atomic E-state index is -0.464. The number of aliphatic hydroxyl groups is 2. The van der Waals surface area contributed by atoms with Crippen molar-refractivity contribution in [2.75, 3.05) is 0 Å². The van der Waals surface area contributed by atoms with Crippen molar-refractivity contribution < 1.29 is 19.7 Å². The summed E-state index contributed by atoms with van der Waals surface area (Å²) in [7, 11) is 0. The molecule has 7 heteroatoms. The zero-order chi connectivity index (χ0) is 19.3. The molecule has 0 aliphatic heterocycles. The van der Waals surface area contributed by atoms with Gasteiger partial charge in [0, 0.05) is 11.1 Å². The number of ether oxygens (including phenoxy) is 1. The Hall–Kier alpha value is -0.560. The lowest BCUT2D eigenvalue weighted by Crippen LogP contribution is -2.50. The van der Waals surface area contributed by atoms with Gasteiger partial charge in [0.05, 0.1) is 12.2 Å². The predicted molar refractivity (Wildman–Crippen MR) is 107 cm³/mol. The standard InChI is InChI=1S/C12H23NO3.C7H15NO.ClH/c1-11(2,3)16-10(15)13-12(4)7-5-9(14)6-8-12;1-7(8)4-2-6(9)3-5-7;/h9,14H,5-8H2,1-4H3,(H,13,15);6,9H,2-5,8H2,1H3;1H. The highest BCUT2D eigenvalue weighted by Crippen LogP contribution is 2.28. The maximum atomic E-state index is 11.6. The Kier molecular flexibility index (Phi) is 9.89. The summed E-state index contributed by atoms with van der Waals surface area (Å²) in [5.41, 5.74) is 5.13. The zero-order valence-corrected chi connectivity index (χ0v) is 17.8. The van der Waals surface area contributed by atoms with E-state index in [2.05, 4.69) is 12.2 Å². The molecule has 6 nitrogen and oxygen atoms in total. The van der Waals surface area contributed by atoms with E-state index in [1.807, 2.05) is 27.7 Å². The molecule has 0 radical (unpaired) electrons. The minimum absolute atomic E-state index is 0. The van der Waals surface area contributed by atoms with Crippen LogP contribution in [0, 0.1) is 0 Å². The first kappa shape index (κ1) is 25.4. The van der Waals surface area contributed by atoms with Crippen LogP contribution in [0.2, 0.25) is 0 Å². The van der Waals surface area contributed by atoms with Gasteiger partial charge in [0.2, 0.25) is 0 Å². The number of nitrogens with one attached hydrogen (secondary N) is 1. The third kappa shape index (κ3) is 10.6. The van der Waals surface area contributed by atoms with E-state index in [1.165, 1.54) is 0 Å². The number of halogens is 1. The monoisotopic (exact) mass is 394 g/mol. The Labute approximate surface area is 164 Å². The Morgan fingerprint density at radius 2 is 1.38 bits per heavy atom. The fraction of sp³-hybridized carbons (Fsp3) is 0.947. The molecule has 0 unspecified atom stereocenters. The Morgan fingerprint density at radius 1 is 1.00 bits per heavy atom. The van der Waals surface area contributed by atoms with E-state index in [9.17, 15) is 9.90 Å². The number of nitrogens with two attached hydrogens (primary N) is 1. The predicted octanol–water partition coefficient (Wildman–Crippen LogP) is 3.27. The largest absolute Gasteiger partial charge is 0.444 e. The number of aliphatic hydroxyl groups excluding tert-OH is 2. The fourth-order valence-electron chi connectivity index (χ4n) is 3.18. The van der Waals surface area contributed by atoms with Crippen LogP contribution in [0.15, 0.2) is 0 Å². The number of rotatable bonds is 1. The van der Waals surface area contributed by atoms with Crippen molar-refractivity contribution in [2.45, 2.75) is 115 Å². The average Bonchev–Trinajstić information content (AvgIpc) is 2.44. The lowest BCUT2D eigenvalue weighted by molar-refractivity contribution is 0.0365. The highest BCUT2D eigenvalue weighted by molar-refractivity contribution is 5.85. The fourth-order valence-corrected chi connectivity index (χ4v) is 3.18. The molecule has 0 bridgehead atoms. The summed E-state index contributed by atoms with van der Waals surface area (Å²) >= 11 is 0. The summed E-state index contributed by atoms with van der Waals surface area (Å²) in [4.78, 5) is 11.6. The van der Waals surface area contributed by atoms with Crippen molar-refractivity contribution in [2.24, 2.45) is 5.73 Å². The van der Waals surface area contributed by atoms with Crippen LogP contribution in [-0.2, 0) is 4.74 Å². The Balaban J connectivity index is 0.000000532. The van der Waals surface area contributed by atoms with Crippen LogP contribution >= 0.6 is 12.4 Å². The summed E-state index contributed by atoms with van der Waals surface area (Å²) in [6.45, 7) is 9.60. The summed E-state index contributed by atoms with van der Waals surface area (Å²) in [5.74, 6) is 0. The molecule has 2 aliphatic carbocycles. The van der Waals surface area contributed by atoms with E-state index in [-0.39, 0.29) is 41.8 Å². The van der Waals surface area contributed by atoms with Crippen LogP contribution < -0.4 is 11.1 Å². The second-order valence-electron chi connectivity index (χ2n) is 9.30. The molecule has 0 aromatic rings. The Bertz CT molecular complexity index is 420. The molecule has 156 valence electrons. The van der Waals surface area contributed by atoms with E-state index in [0.29, 0.717) is 0 Å². The van der Waals surface area contributed by atoms with Crippen LogP contribution in [-0.4, -0.2) is 45.2 Å². The van der Waals surface area contributed by atoms with Gasteiger partial charge in [0.1, 0.15) is 5.60 Å². The van der Waals surface area contributed by atoms with E-state index < -0.39 is 5.60 Å². The number of alkyl carbamates (subject to hydrolysis) is 1. The molecule has 26 heavy (non-hydrogen) atoms. The van der Waals surface area contributed by atoms with Gasteiger partial charge >= 0.3 is 6.09 Å². The molecule has 0 atom stereocenters. The van der Waals surface area contributed by atoms with E-state index >= 15 is 0 Å². The first-order valence-corrected chi connectivity index (χ1v) is 9.46. The molecule has 0 heterocycles. The summed E-state index contributed by atoms with van der Waals surface area (Å²) < 4.78 is 5.22. The molecule has 2 aliphatic rings. The van der Waals surface area contributed by atoms with Gasteiger partial charge in [-0.05, 0) is 86.0 Å². The number of carbonyl (C=O) groups excluding carboxylic acids is 1. The van der Waals surface area contributed by atoms with Crippen LogP contribution in [0.3, 0.4) is 0 Å². The highest BCUT2D eigenvalue weighted by atomic mass is 35.5. The molecule has 2 saturated carbocycles. The molecule has 2 rings (SSSR count). The molecule has 1 amide bonds. The van der Waals surface area contributed by atoms with Gasteiger partial charge in [-0.2, -0.15) is 0 Å². The molecular formula is C19H39ClN2O4. The lowest BCUT2D eigenvalue weighted by Gasteiger charge is -2.36. The van der Waals surface area contributed by atoms with Gasteiger partial charge in [-0.1, -0.05) is 0 Å². The average molecular weight is 395 g/mol. The Morgan fingerprint density at radius 3 is 1.73 bits per heavy atom. The summed E-state index contributed by atoms with van der Waals surface area (Å²) in [5, 5.41) is 21.4. The van der Waals surface area contributed by atoms with Crippen LogP contribution in [0.4, 0.5) is 4.79 Å². The van der Waals surface area contributed by atoms with E-state index in [4.69, 9.17) is 15.6 Å². The number of carbonyl (C=O) groups is 1. The minimum Gasteiger partial charge on any atom is -0.444 e. The quantitative estimate of drug-likeness (QED) is 0.546. The molecule has 0 spiro atoms. The van der Waals surface area contributed by atoms with Gasteiger partial charge in [0.15, 0.2) is 0 Å². The maximum absolute atomic E-state index is 11.6. The van der Waals surface area contributed by atoms with Crippen LogP contribution in [0.5, 0.6) is 0 Å². The SMILES string of the molecule is CC1(N)CCC(O)CC1.CC1(NC(=O)OC(C)(C)C)CCC(O)CC1.Cl. The number of amides is 1. The second kappa shape index (κ2) is 10.1. The van der Waals surface area contributed by atoms with Crippen molar-refractivity contribution in [3.05, 3.63) is 0 Å². The van der Waals surface area contributed by atoms with Gasteiger partial charge in [0.25, 0.3) is 0 Å². The van der Waals surface area contributed by atoms with Gasteiger partial charge < -0.3 is 26.0 Å². The molecule has 0 aromatic carbocycles. The summed E-state index contributed by atoms with van der Waals surface area (Å²) in [6.07, 6.45) is 6.11. The van der Waals surface area contributed by atoms with Gasteiger partial charge in [-0.15, -0.1) is 12.4 Å². The molecule has 0 aromatic heterocycles. The molecule has 0 saturated heterocycles. The highest BCUT2D eigenvalue weighted by Gasteiger charge is 2.33. The first-order valence-electron chi connectivity index (χ1n) is 9.46. The topological polar surface area (TPSA) is 105 Å². The number of hydrogen-bond donors (Lipinski definition) is 4. The van der Waals surface area contributed by atoms with Crippen molar-refractivity contribution >= 4 is 18.5 Å². The van der Waals surface area contributed by atoms with E-state index in [1.54, 1.807) is 0 Å². The van der Waals surface area contributed by atoms with Gasteiger partial charge in [-0.3, -0.25) is 0 Å². The normalized spacial score (nSPS) is 34.6. The van der Waals surface area contributed by atoms with Crippen molar-refractivity contribution in [1.29, 1.82) is 0 Å². The third-order valence-electron chi connectivity index (χ3n) is 4.96. The summed E-state index contributed by atoms with van der Waals surface area (Å²) in [6, 6.07) is 0. The first-order chi connectivity index (χ1) is 11.3. The zero-order valence-electron chi connectivity index (χ0n) is 17.0.